The Morgan fingerprint density at radius 2 is 1.37 bits per heavy atom. The second kappa shape index (κ2) is 8.90. The third kappa shape index (κ3) is 7.88. The van der Waals surface area contributed by atoms with E-state index in [-0.39, 0.29) is 0 Å². The van der Waals surface area contributed by atoms with Gasteiger partial charge in [0.15, 0.2) is 0 Å². The lowest BCUT2D eigenvalue weighted by Gasteiger charge is -2.18. The van der Waals surface area contributed by atoms with Gasteiger partial charge in [0.25, 0.3) is 0 Å². The molecule has 0 bridgehead atoms. The van der Waals surface area contributed by atoms with Crippen LogP contribution >= 0.6 is 0 Å². The fourth-order valence-corrected chi connectivity index (χ4v) is 2.38. The molecule has 0 aromatic carbocycles. The van der Waals surface area contributed by atoms with Crippen molar-refractivity contribution in [3.8, 4) is 0 Å². The van der Waals surface area contributed by atoms with Crippen molar-refractivity contribution >= 4 is 0 Å². The Hall–Kier alpha value is -0.160. The zero-order valence-electron chi connectivity index (χ0n) is 12.3. The quantitative estimate of drug-likeness (QED) is 0.305. The van der Waals surface area contributed by atoms with E-state index in [1.807, 2.05) is 0 Å². The lowest BCUT2D eigenvalue weighted by Crippen LogP contribution is -2.42. The molecule has 2 heterocycles. The van der Waals surface area contributed by atoms with E-state index in [9.17, 15) is 0 Å². The van der Waals surface area contributed by atoms with E-state index in [4.69, 9.17) is 9.47 Å². The normalized spacial score (nSPS) is 26.4. The van der Waals surface area contributed by atoms with Crippen molar-refractivity contribution in [1.82, 2.24) is 10.6 Å². The smallest absolute Gasteiger partial charge is 0.0810 e. The van der Waals surface area contributed by atoms with Crippen molar-refractivity contribution in [3.05, 3.63) is 0 Å². The number of hydrogen-bond acceptors (Lipinski definition) is 4. The summed E-state index contributed by atoms with van der Waals surface area (Å²) >= 11 is 0. The minimum absolute atomic E-state index is 0.481. The molecule has 2 saturated heterocycles. The standard InChI is InChI=1S/C15H30N2O2/c1-2-15(16-9-5-3-7-13-11-18-13)17-10-6-4-8-14-12-19-14/h13-17H,2-12H2,1H3. The van der Waals surface area contributed by atoms with Gasteiger partial charge in [-0.1, -0.05) is 6.92 Å². The first-order chi connectivity index (χ1) is 9.38. The molecule has 2 fully saturated rings. The Morgan fingerprint density at radius 3 is 1.74 bits per heavy atom. The van der Waals surface area contributed by atoms with E-state index < -0.39 is 0 Å². The summed E-state index contributed by atoms with van der Waals surface area (Å²) in [6, 6.07) is 0. The fourth-order valence-electron chi connectivity index (χ4n) is 2.38. The molecule has 0 spiro atoms. The second-order valence-electron chi connectivity index (χ2n) is 5.77. The third-order valence-electron chi connectivity index (χ3n) is 3.90. The first-order valence-electron chi connectivity index (χ1n) is 8.08. The van der Waals surface area contributed by atoms with Crippen molar-refractivity contribution in [3.63, 3.8) is 0 Å². The zero-order chi connectivity index (χ0) is 13.3. The lowest BCUT2D eigenvalue weighted by atomic mass is 10.2. The number of rotatable bonds is 13. The Labute approximate surface area is 117 Å². The molecule has 0 aromatic heterocycles. The van der Waals surface area contributed by atoms with Crippen LogP contribution in [-0.2, 0) is 9.47 Å². The van der Waals surface area contributed by atoms with Crippen LogP contribution in [0.3, 0.4) is 0 Å². The fraction of sp³-hybridized carbons (Fsp3) is 1.00. The maximum Gasteiger partial charge on any atom is 0.0810 e. The summed E-state index contributed by atoms with van der Waals surface area (Å²) in [7, 11) is 0. The molecule has 2 N–H and O–H groups in total. The van der Waals surface area contributed by atoms with E-state index in [2.05, 4.69) is 17.6 Å². The molecule has 4 heteroatoms. The number of epoxide rings is 2. The van der Waals surface area contributed by atoms with Crippen LogP contribution in [0.25, 0.3) is 0 Å². The largest absolute Gasteiger partial charge is 0.373 e. The maximum atomic E-state index is 5.21. The van der Waals surface area contributed by atoms with Crippen LogP contribution in [0, 0.1) is 0 Å². The lowest BCUT2D eigenvalue weighted by molar-refractivity contribution is 0.371. The Bertz CT molecular complexity index is 208. The van der Waals surface area contributed by atoms with Crippen molar-refractivity contribution in [2.45, 2.75) is 70.2 Å². The SMILES string of the molecule is CCC(NCCCCC1CO1)NCCCCC1CO1. The maximum absolute atomic E-state index is 5.21. The van der Waals surface area contributed by atoms with Gasteiger partial charge in [0.2, 0.25) is 0 Å². The molecule has 2 rings (SSSR count). The summed E-state index contributed by atoms with van der Waals surface area (Å²) in [5.41, 5.74) is 0. The molecule has 0 aliphatic carbocycles. The number of nitrogens with one attached hydrogen (secondary N) is 2. The molecule has 0 saturated carbocycles. The number of ether oxygens (including phenoxy) is 2. The van der Waals surface area contributed by atoms with Crippen molar-refractivity contribution in [1.29, 1.82) is 0 Å². The minimum atomic E-state index is 0.481. The van der Waals surface area contributed by atoms with Crippen LogP contribution in [0.5, 0.6) is 0 Å². The van der Waals surface area contributed by atoms with Gasteiger partial charge in [-0.05, 0) is 58.0 Å². The van der Waals surface area contributed by atoms with Gasteiger partial charge in [-0.3, -0.25) is 0 Å². The molecule has 0 aromatic rings. The van der Waals surface area contributed by atoms with E-state index in [0.29, 0.717) is 18.4 Å². The average molecular weight is 270 g/mol. The van der Waals surface area contributed by atoms with Gasteiger partial charge in [0.1, 0.15) is 0 Å². The van der Waals surface area contributed by atoms with E-state index in [1.165, 1.54) is 38.5 Å². The highest BCUT2D eigenvalue weighted by molar-refractivity contribution is 4.70. The van der Waals surface area contributed by atoms with Crippen LogP contribution in [0.1, 0.15) is 51.9 Å². The van der Waals surface area contributed by atoms with Crippen molar-refractivity contribution in [2.24, 2.45) is 0 Å². The van der Waals surface area contributed by atoms with E-state index in [0.717, 1.165) is 32.7 Å². The molecular weight excluding hydrogens is 240 g/mol. The van der Waals surface area contributed by atoms with Gasteiger partial charge in [-0.15, -0.1) is 0 Å². The molecule has 2 atom stereocenters. The Balaban J connectivity index is 1.36. The molecule has 4 nitrogen and oxygen atoms in total. The van der Waals surface area contributed by atoms with Crippen LogP contribution in [-0.4, -0.2) is 44.7 Å². The summed E-state index contributed by atoms with van der Waals surface area (Å²) in [4.78, 5) is 0. The van der Waals surface area contributed by atoms with Gasteiger partial charge >= 0.3 is 0 Å². The molecule has 112 valence electrons. The Kier molecular flexibility index (Phi) is 7.14. The summed E-state index contributed by atoms with van der Waals surface area (Å²) in [6.45, 7) is 6.47. The molecule has 2 unspecified atom stereocenters. The number of hydrogen-bond donors (Lipinski definition) is 2. The van der Waals surface area contributed by atoms with E-state index in [1.54, 1.807) is 0 Å². The topological polar surface area (TPSA) is 49.1 Å². The first-order valence-corrected chi connectivity index (χ1v) is 8.08. The summed E-state index contributed by atoms with van der Waals surface area (Å²) in [5.74, 6) is 0. The highest BCUT2D eigenvalue weighted by atomic mass is 16.6. The monoisotopic (exact) mass is 270 g/mol. The molecular formula is C15H30N2O2. The molecule has 2 aliphatic heterocycles. The minimum Gasteiger partial charge on any atom is -0.373 e. The van der Waals surface area contributed by atoms with Crippen molar-refractivity contribution in [2.75, 3.05) is 26.3 Å². The van der Waals surface area contributed by atoms with E-state index >= 15 is 0 Å². The van der Waals surface area contributed by atoms with Crippen LogP contribution in [0.4, 0.5) is 0 Å². The van der Waals surface area contributed by atoms with Gasteiger partial charge in [-0.25, -0.2) is 0 Å². The molecule has 2 aliphatic rings. The highest BCUT2D eigenvalue weighted by Crippen LogP contribution is 2.16. The summed E-state index contributed by atoms with van der Waals surface area (Å²) in [6.07, 6.45) is 10.4. The highest BCUT2D eigenvalue weighted by Gasteiger charge is 2.21. The van der Waals surface area contributed by atoms with Gasteiger partial charge in [-0.2, -0.15) is 0 Å². The van der Waals surface area contributed by atoms with Gasteiger partial charge in [0.05, 0.1) is 31.6 Å². The zero-order valence-corrected chi connectivity index (χ0v) is 12.3. The summed E-state index contributed by atoms with van der Waals surface area (Å²) in [5, 5.41) is 7.20. The second-order valence-corrected chi connectivity index (χ2v) is 5.77. The van der Waals surface area contributed by atoms with Crippen LogP contribution < -0.4 is 10.6 Å². The predicted octanol–water partition coefficient (Wildman–Crippen LogP) is 2.04. The Morgan fingerprint density at radius 1 is 0.895 bits per heavy atom. The first kappa shape index (κ1) is 15.2. The van der Waals surface area contributed by atoms with Crippen LogP contribution in [0.15, 0.2) is 0 Å². The van der Waals surface area contributed by atoms with Crippen molar-refractivity contribution < 1.29 is 9.47 Å². The molecule has 19 heavy (non-hydrogen) atoms. The predicted molar refractivity (Wildman–Crippen MR) is 77.3 cm³/mol. The van der Waals surface area contributed by atoms with Gasteiger partial charge in [0, 0.05) is 0 Å². The average Bonchev–Trinajstić information content (AvgIpc) is 3.29. The molecule has 0 amide bonds. The molecule has 0 radical (unpaired) electrons. The summed E-state index contributed by atoms with van der Waals surface area (Å²) < 4.78 is 10.4. The van der Waals surface area contributed by atoms with Crippen LogP contribution in [0.2, 0.25) is 0 Å². The van der Waals surface area contributed by atoms with Gasteiger partial charge < -0.3 is 20.1 Å². The third-order valence-corrected chi connectivity index (χ3v) is 3.90. The number of unbranched alkanes of at least 4 members (excludes halogenated alkanes) is 2.